The molecule has 1 fully saturated rings. The summed E-state index contributed by atoms with van der Waals surface area (Å²) in [6.07, 6.45) is 2.54. The molecule has 0 radical (unpaired) electrons. The van der Waals surface area contributed by atoms with Crippen molar-refractivity contribution < 1.29 is 9.90 Å². The highest BCUT2D eigenvalue weighted by atomic mass is 79.9. The van der Waals surface area contributed by atoms with E-state index in [1.165, 1.54) is 18.9 Å². The second-order valence-electron chi connectivity index (χ2n) is 4.63. The molecule has 0 bridgehead atoms. The number of phenolic OH excluding ortho intramolecular Hbond substituents is 1. The van der Waals surface area contributed by atoms with Crippen molar-refractivity contribution in [2.75, 3.05) is 20.1 Å². The molecule has 2 rings (SSSR count). The van der Waals surface area contributed by atoms with Crippen molar-refractivity contribution in [3.8, 4) is 5.75 Å². The van der Waals surface area contributed by atoms with Gasteiger partial charge in [-0.15, -0.1) is 0 Å². The van der Waals surface area contributed by atoms with E-state index < -0.39 is 0 Å². The van der Waals surface area contributed by atoms with Crippen molar-refractivity contribution in [3.63, 3.8) is 0 Å². The van der Waals surface area contributed by atoms with Gasteiger partial charge in [-0.25, -0.2) is 0 Å². The Morgan fingerprint density at radius 1 is 1.56 bits per heavy atom. The molecule has 0 saturated heterocycles. The van der Waals surface area contributed by atoms with Crippen LogP contribution in [0.1, 0.15) is 23.2 Å². The van der Waals surface area contributed by atoms with Crippen LogP contribution in [0.4, 0.5) is 0 Å². The molecule has 1 aromatic rings. The molecule has 0 unspecified atom stereocenters. The van der Waals surface area contributed by atoms with Crippen LogP contribution in [0, 0.1) is 0 Å². The molecule has 98 valence electrons. The first-order chi connectivity index (χ1) is 8.58. The van der Waals surface area contributed by atoms with E-state index in [9.17, 15) is 9.90 Å². The average Bonchev–Trinajstić information content (AvgIpc) is 3.16. The fourth-order valence-electron chi connectivity index (χ4n) is 1.80. The van der Waals surface area contributed by atoms with E-state index in [-0.39, 0.29) is 11.7 Å². The molecule has 2 N–H and O–H groups in total. The summed E-state index contributed by atoms with van der Waals surface area (Å²) in [7, 11) is 2.08. The molecular formula is C13H17BrN2O2. The van der Waals surface area contributed by atoms with Crippen LogP contribution >= 0.6 is 15.9 Å². The smallest absolute Gasteiger partial charge is 0.251 e. The van der Waals surface area contributed by atoms with Crippen molar-refractivity contribution in [3.05, 3.63) is 28.2 Å². The van der Waals surface area contributed by atoms with E-state index in [4.69, 9.17) is 0 Å². The summed E-state index contributed by atoms with van der Waals surface area (Å²) in [6.45, 7) is 1.49. The Morgan fingerprint density at radius 3 is 2.89 bits per heavy atom. The maximum absolute atomic E-state index is 11.8. The molecule has 0 aromatic heterocycles. The summed E-state index contributed by atoms with van der Waals surface area (Å²) in [5.74, 6) is -0.0697. The number of carbonyl (C=O) groups is 1. The Kier molecular flexibility index (Phi) is 4.24. The van der Waals surface area contributed by atoms with Gasteiger partial charge in [0.2, 0.25) is 0 Å². The molecule has 4 nitrogen and oxygen atoms in total. The summed E-state index contributed by atoms with van der Waals surface area (Å²) in [5.41, 5.74) is 0.477. The third-order valence-electron chi connectivity index (χ3n) is 3.13. The Labute approximate surface area is 115 Å². The van der Waals surface area contributed by atoms with Gasteiger partial charge < -0.3 is 15.3 Å². The highest BCUT2D eigenvalue weighted by Gasteiger charge is 2.25. The molecule has 1 aliphatic rings. The number of nitrogens with one attached hydrogen (secondary N) is 1. The van der Waals surface area contributed by atoms with Crippen LogP contribution in [-0.2, 0) is 0 Å². The highest BCUT2D eigenvalue weighted by Crippen LogP contribution is 2.25. The van der Waals surface area contributed by atoms with E-state index in [1.54, 1.807) is 12.1 Å². The lowest BCUT2D eigenvalue weighted by Gasteiger charge is -2.15. The third kappa shape index (κ3) is 3.46. The van der Waals surface area contributed by atoms with Crippen LogP contribution < -0.4 is 5.32 Å². The number of amides is 1. The zero-order valence-corrected chi connectivity index (χ0v) is 11.9. The van der Waals surface area contributed by atoms with Crippen molar-refractivity contribution in [1.82, 2.24) is 10.2 Å². The largest absolute Gasteiger partial charge is 0.507 e. The Hall–Kier alpha value is -1.07. The Morgan fingerprint density at radius 2 is 2.28 bits per heavy atom. The Balaban J connectivity index is 1.81. The van der Waals surface area contributed by atoms with Gasteiger partial charge in [-0.3, -0.25) is 4.79 Å². The number of aromatic hydroxyl groups is 1. The molecule has 1 aromatic carbocycles. The van der Waals surface area contributed by atoms with E-state index in [1.807, 2.05) is 0 Å². The highest BCUT2D eigenvalue weighted by molar-refractivity contribution is 9.10. The van der Waals surface area contributed by atoms with Crippen LogP contribution in [0.2, 0.25) is 0 Å². The lowest BCUT2D eigenvalue weighted by molar-refractivity contribution is 0.0949. The summed E-state index contributed by atoms with van der Waals surface area (Å²) in [6, 6.07) is 5.52. The molecular weight excluding hydrogens is 296 g/mol. The van der Waals surface area contributed by atoms with Crippen LogP contribution in [0.5, 0.6) is 5.75 Å². The van der Waals surface area contributed by atoms with Crippen molar-refractivity contribution in [2.24, 2.45) is 0 Å². The molecule has 0 spiro atoms. The zero-order valence-electron chi connectivity index (χ0n) is 10.3. The minimum atomic E-state index is -0.151. The standard InChI is InChI=1S/C13H17BrN2O2/c1-16(10-3-4-10)7-6-15-13(18)9-2-5-11(14)12(17)8-9/h2,5,8,10,17H,3-4,6-7H2,1H3,(H,15,18). The minimum absolute atomic E-state index is 0.0812. The van der Waals surface area contributed by atoms with E-state index in [0.29, 0.717) is 22.6 Å². The van der Waals surface area contributed by atoms with Crippen molar-refractivity contribution >= 4 is 21.8 Å². The van der Waals surface area contributed by atoms with Crippen LogP contribution in [0.15, 0.2) is 22.7 Å². The molecule has 1 saturated carbocycles. The molecule has 18 heavy (non-hydrogen) atoms. The summed E-state index contributed by atoms with van der Waals surface area (Å²) in [4.78, 5) is 14.1. The lowest BCUT2D eigenvalue weighted by atomic mass is 10.2. The monoisotopic (exact) mass is 312 g/mol. The normalized spacial score (nSPS) is 14.8. The maximum atomic E-state index is 11.8. The number of phenols is 1. The first-order valence-corrected chi connectivity index (χ1v) is 6.84. The van der Waals surface area contributed by atoms with Crippen molar-refractivity contribution in [2.45, 2.75) is 18.9 Å². The first kappa shape index (κ1) is 13.4. The third-order valence-corrected chi connectivity index (χ3v) is 3.80. The number of likely N-dealkylation sites (N-methyl/N-ethyl adjacent to an activating group) is 1. The topological polar surface area (TPSA) is 52.6 Å². The lowest BCUT2D eigenvalue weighted by Crippen LogP contribution is -2.33. The summed E-state index contributed by atoms with van der Waals surface area (Å²) in [5, 5.41) is 12.4. The SMILES string of the molecule is CN(CCNC(=O)c1ccc(Br)c(O)c1)C1CC1. The molecule has 5 heteroatoms. The molecule has 0 aliphatic heterocycles. The molecule has 0 atom stereocenters. The van der Waals surface area contributed by atoms with Gasteiger partial charge in [-0.1, -0.05) is 0 Å². The van der Waals surface area contributed by atoms with E-state index in [2.05, 4.69) is 33.2 Å². The fraction of sp³-hybridized carbons (Fsp3) is 0.462. The van der Waals surface area contributed by atoms with Gasteiger partial charge in [0.05, 0.1) is 4.47 Å². The van der Waals surface area contributed by atoms with Crippen LogP contribution in [0.3, 0.4) is 0 Å². The number of halogens is 1. The van der Waals surface area contributed by atoms with Crippen molar-refractivity contribution in [1.29, 1.82) is 0 Å². The minimum Gasteiger partial charge on any atom is -0.507 e. The van der Waals surface area contributed by atoms with Gasteiger partial charge in [0.1, 0.15) is 5.75 Å². The van der Waals surface area contributed by atoms with E-state index >= 15 is 0 Å². The zero-order chi connectivity index (χ0) is 13.1. The van der Waals surface area contributed by atoms with Gasteiger partial charge in [0.15, 0.2) is 0 Å². The average molecular weight is 313 g/mol. The van der Waals surface area contributed by atoms with Gasteiger partial charge in [0.25, 0.3) is 5.91 Å². The number of carbonyl (C=O) groups excluding carboxylic acids is 1. The second kappa shape index (κ2) is 5.71. The van der Waals surface area contributed by atoms with Gasteiger partial charge >= 0.3 is 0 Å². The Bertz CT molecular complexity index is 447. The molecule has 0 heterocycles. The van der Waals surface area contributed by atoms with Crippen LogP contribution in [0.25, 0.3) is 0 Å². The number of hydrogen-bond acceptors (Lipinski definition) is 3. The van der Waals surface area contributed by atoms with Crippen LogP contribution in [-0.4, -0.2) is 42.1 Å². The second-order valence-corrected chi connectivity index (χ2v) is 5.49. The predicted molar refractivity (Wildman–Crippen MR) is 73.8 cm³/mol. The number of benzene rings is 1. The molecule has 1 amide bonds. The fourth-order valence-corrected chi connectivity index (χ4v) is 2.05. The first-order valence-electron chi connectivity index (χ1n) is 6.05. The number of nitrogens with zero attached hydrogens (tertiary/aromatic N) is 1. The van der Waals surface area contributed by atoms with E-state index in [0.717, 1.165) is 6.54 Å². The molecule has 1 aliphatic carbocycles. The van der Waals surface area contributed by atoms with Gasteiger partial charge in [-0.2, -0.15) is 0 Å². The quantitative estimate of drug-likeness (QED) is 0.874. The van der Waals surface area contributed by atoms with Gasteiger partial charge in [-0.05, 0) is 54.0 Å². The summed E-state index contributed by atoms with van der Waals surface area (Å²) < 4.78 is 0.590. The summed E-state index contributed by atoms with van der Waals surface area (Å²) >= 11 is 3.18. The number of rotatable bonds is 5. The van der Waals surface area contributed by atoms with Gasteiger partial charge in [0, 0.05) is 24.7 Å². The maximum Gasteiger partial charge on any atom is 0.251 e. The predicted octanol–water partition coefficient (Wildman–Crippen LogP) is 1.98. The number of hydrogen-bond donors (Lipinski definition) is 2.